The number of fused-ring (bicyclic) bond motifs is 1. The molecule has 0 heterocycles. The van der Waals surface area contributed by atoms with E-state index in [0.29, 0.717) is 6.42 Å². The fourth-order valence-corrected chi connectivity index (χ4v) is 2.69. The number of aromatic hydroxyl groups is 1. The Labute approximate surface area is 113 Å². The van der Waals surface area contributed by atoms with Gasteiger partial charge in [-0.2, -0.15) is 0 Å². The van der Waals surface area contributed by atoms with Crippen LogP contribution in [0.2, 0.25) is 0 Å². The van der Waals surface area contributed by atoms with Crippen molar-refractivity contribution >= 4 is 12.2 Å². The van der Waals surface area contributed by atoms with E-state index in [0.717, 1.165) is 36.7 Å². The Bertz CT molecular complexity index is 484. The topological polar surface area (TPSA) is 57.6 Å². The van der Waals surface area contributed by atoms with Crippen molar-refractivity contribution in [3.63, 3.8) is 0 Å². The molecule has 0 saturated heterocycles. The third-order valence-electron chi connectivity index (χ3n) is 3.76. The van der Waals surface area contributed by atoms with Crippen LogP contribution in [0.4, 0.5) is 0 Å². The van der Waals surface area contributed by atoms with Crippen LogP contribution >= 0.6 is 0 Å². The van der Waals surface area contributed by atoms with E-state index in [1.54, 1.807) is 19.2 Å². The molecule has 1 amide bonds. The van der Waals surface area contributed by atoms with Gasteiger partial charge in [-0.1, -0.05) is 6.07 Å². The molecule has 1 aliphatic carbocycles. The van der Waals surface area contributed by atoms with Crippen molar-refractivity contribution in [2.24, 2.45) is 0 Å². The molecular formula is C15H19NO3. The summed E-state index contributed by atoms with van der Waals surface area (Å²) in [5.74, 6) is 0.479. The lowest BCUT2D eigenvalue weighted by molar-refractivity contribution is -0.132. The lowest BCUT2D eigenvalue weighted by atomic mass is 9.81. The highest BCUT2D eigenvalue weighted by Gasteiger charge is 2.24. The molecule has 0 bridgehead atoms. The summed E-state index contributed by atoms with van der Waals surface area (Å²) >= 11 is 0. The fourth-order valence-electron chi connectivity index (χ4n) is 2.69. The van der Waals surface area contributed by atoms with Crippen LogP contribution in [0.1, 0.15) is 36.3 Å². The van der Waals surface area contributed by atoms with Crippen molar-refractivity contribution in [1.82, 2.24) is 4.90 Å². The van der Waals surface area contributed by atoms with Crippen LogP contribution in [-0.2, 0) is 16.0 Å². The van der Waals surface area contributed by atoms with Gasteiger partial charge in [-0.25, -0.2) is 0 Å². The second kappa shape index (κ2) is 5.87. The third-order valence-corrected chi connectivity index (χ3v) is 3.76. The number of benzene rings is 1. The maximum absolute atomic E-state index is 12.0. The van der Waals surface area contributed by atoms with E-state index in [4.69, 9.17) is 0 Å². The SMILES string of the molecule is CN(CC=O)C(=O)CC1CCCc2cc(O)ccc21. The predicted octanol–water partition coefficient (Wildman–Crippen LogP) is 1.86. The molecule has 0 spiro atoms. The van der Waals surface area contributed by atoms with Gasteiger partial charge in [0.2, 0.25) is 5.91 Å². The summed E-state index contributed by atoms with van der Waals surface area (Å²) in [5.41, 5.74) is 2.30. The molecule has 102 valence electrons. The molecule has 4 nitrogen and oxygen atoms in total. The Hall–Kier alpha value is -1.84. The van der Waals surface area contributed by atoms with E-state index in [9.17, 15) is 14.7 Å². The first-order chi connectivity index (χ1) is 9.11. The monoisotopic (exact) mass is 261 g/mol. The van der Waals surface area contributed by atoms with Crippen LogP contribution in [0.15, 0.2) is 18.2 Å². The number of nitrogens with zero attached hydrogens (tertiary/aromatic N) is 1. The van der Waals surface area contributed by atoms with Gasteiger partial charge >= 0.3 is 0 Å². The van der Waals surface area contributed by atoms with Crippen LogP contribution in [0.5, 0.6) is 5.75 Å². The molecule has 1 aliphatic rings. The van der Waals surface area contributed by atoms with Crippen LogP contribution < -0.4 is 0 Å². The normalized spacial score (nSPS) is 17.6. The van der Waals surface area contributed by atoms with Crippen LogP contribution in [0, 0.1) is 0 Å². The van der Waals surface area contributed by atoms with Gasteiger partial charge < -0.3 is 14.8 Å². The number of likely N-dealkylation sites (N-methyl/N-ethyl adjacent to an activating group) is 1. The minimum atomic E-state index is -0.00183. The Morgan fingerprint density at radius 1 is 1.53 bits per heavy atom. The fraction of sp³-hybridized carbons (Fsp3) is 0.467. The minimum Gasteiger partial charge on any atom is -0.508 e. The molecule has 0 aromatic heterocycles. The van der Waals surface area contributed by atoms with Crippen LogP contribution in [-0.4, -0.2) is 35.8 Å². The van der Waals surface area contributed by atoms with Crippen LogP contribution in [0.3, 0.4) is 0 Å². The summed E-state index contributed by atoms with van der Waals surface area (Å²) in [5, 5.41) is 9.50. The number of carbonyl (C=O) groups is 2. The van der Waals surface area contributed by atoms with Crippen LogP contribution in [0.25, 0.3) is 0 Å². The average Bonchev–Trinajstić information content (AvgIpc) is 2.38. The summed E-state index contributed by atoms with van der Waals surface area (Å²) in [6.07, 6.45) is 4.15. The highest BCUT2D eigenvalue weighted by molar-refractivity contribution is 5.79. The number of rotatable bonds is 4. The number of hydrogen-bond acceptors (Lipinski definition) is 3. The molecule has 0 radical (unpaired) electrons. The lowest BCUT2D eigenvalue weighted by Gasteiger charge is -2.26. The molecule has 1 unspecified atom stereocenters. The van der Waals surface area contributed by atoms with E-state index in [1.807, 2.05) is 6.07 Å². The maximum Gasteiger partial charge on any atom is 0.223 e. The second-order valence-electron chi connectivity index (χ2n) is 5.12. The maximum atomic E-state index is 12.0. The number of phenols is 1. The van der Waals surface area contributed by atoms with E-state index >= 15 is 0 Å². The quantitative estimate of drug-likeness (QED) is 0.842. The summed E-state index contributed by atoms with van der Waals surface area (Å²) in [7, 11) is 1.65. The minimum absolute atomic E-state index is 0.00183. The number of hydrogen-bond donors (Lipinski definition) is 1. The van der Waals surface area contributed by atoms with Crippen molar-refractivity contribution in [2.75, 3.05) is 13.6 Å². The van der Waals surface area contributed by atoms with Crippen molar-refractivity contribution in [1.29, 1.82) is 0 Å². The average molecular weight is 261 g/mol. The Balaban J connectivity index is 2.11. The standard InChI is InChI=1S/C15H19NO3/c1-16(7-8-17)15(19)10-12-4-2-3-11-9-13(18)5-6-14(11)12/h5-6,8-9,12,18H,2-4,7,10H2,1H3. The van der Waals surface area contributed by atoms with Gasteiger partial charge in [-0.05, 0) is 48.4 Å². The Morgan fingerprint density at radius 3 is 3.05 bits per heavy atom. The first-order valence-corrected chi connectivity index (χ1v) is 6.61. The van der Waals surface area contributed by atoms with Gasteiger partial charge in [-0.15, -0.1) is 0 Å². The molecule has 0 saturated carbocycles. The highest BCUT2D eigenvalue weighted by atomic mass is 16.3. The van der Waals surface area contributed by atoms with E-state index in [-0.39, 0.29) is 24.1 Å². The van der Waals surface area contributed by atoms with Gasteiger partial charge in [-0.3, -0.25) is 4.79 Å². The lowest BCUT2D eigenvalue weighted by Crippen LogP contribution is -2.30. The number of amides is 1. The molecule has 1 atom stereocenters. The molecule has 2 rings (SSSR count). The van der Waals surface area contributed by atoms with Gasteiger partial charge in [0.25, 0.3) is 0 Å². The Kier molecular flexibility index (Phi) is 4.20. The van der Waals surface area contributed by atoms with Crippen molar-refractivity contribution < 1.29 is 14.7 Å². The molecule has 0 aliphatic heterocycles. The molecule has 1 aromatic carbocycles. The van der Waals surface area contributed by atoms with Gasteiger partial charge in [0, 0.05) is 13.5 Å². The zero-order chi connectivity index (χ0) is 13.8. The number of aldehydes is 1. The zero-order valence-electron chi connectivity index (χ0n) is 11.1. The molecule has 1 aromatic rings. The predicted molar refractivity (Wildman–Crippen MR) is 72.1 cm³/mol. The van der Waals surface area contributed by atoms with Gasteiger partial charge in [0.05, 0.1) is 6.54 Å². The number of phenolic OH excluding ortho intramolecular Hbond substituents is 1. The second-order valence-corrected chi connectivity index (χ2v) is 5.12. The third kappa shape index (κ3) is 3.13. The largest absolute Gasteiger partial charge is 0.508 e. The Morgan fingerprint density at radius 2 is 2.32 bits per heavy atom. The summed E-state index contributed by atoms with van der Waals surface area (Å²) in [6, 6.07) is 5.39. The molecule has 4 heteroatoms. The van der Waals surface area contributed by atoms with E-state index in [1.165, 1.54) is 4.90 Å². The summed E-state index contributed by atoms with van der Waals surface area (Å²) in [4.78, 5) is 23.9. The highest BCUT2D eigenvalue weighted by Crippen LogP contribution is 2.35. The smallest absolute Gasteiger partial charge is 0.223 e. The molecule has 19 heavy (non-hydrogen) atoms. The van der Waals surface area contributed by atoms with Crippen molar-refractivity contribution in [3.05, 3.63) is 29.3 Å². The number of carbonyl (C=O) groups excluding carboxylic acids is 2. The summed E-state index contributed by atoms with van der Waals surface area (Å²) < 4.78 is 0. The number of aryl methyl sites for hydroxylation is 1. The van der Waals surface area contributed by atoms with Gasteiger partial charge in [0.1, 0.15) is 12.0 Å². The first-order valence-electron chi connectivity index (χ1n) is 6.61. The van der Waals surface area contributed by atoms with E-state index < -0.39 is 0 Å². The van der Waals surface area contributed by atoms with Gasteiger partial charge in [0.15, 0.2) is 0 Å². The zero-order valence-corrected chi connectivity index (χ0v) is 11.1. The van der Waals surface area contributed by atoms with E-state index in [2.05, 4.69) is 0 Å². The summed E-state index contributed by atoms with van der Waals surface area (Å²) in [6.45, 7) is 0.147. The molecule has 1 N–H and O–H groups in total. The van der Waals surface area contributed by atoms with Crippen molar-refractivity contribution in [2.45, 2.75) is 31.6 Å². The first kappa shape index (κ1) is 13.6. The van der Waals surface area contributed by atoms with Crippen molar-refractivity contribution in [3.8, 4) is 5.75 Å². The molecule has 0 fully saturated rings. The molecular weight excluding hydrogens is 242 g/mol.